The number of benzene rings is 2. The number of halogens is 1. The van der Waals surface area contributed by atoms with E-state index in [0.717, 1.165) is 24.0 Å². The Bertz CT molecular complexity index is 668. The van der Waals surface area contributed by atoms with Gasteiger partial charge in [-0.25, -0.2) is 8.42 Å². The van der Waals surface area contributed by atoms with Gasteiger partial charge in [0.2, 0.25) is 9.05 Å². The quantitative estimate of drug-likeness (QED) is 0.574. The van der Waals surface area contributed by atoms with E-state index < -0.39 is 9.05 Å². The molecule has 3 nitrogen and oxygen atoms in total. The van der Waals surface area contributed by atoms with Crippen molar-refractivity contribution < 1.29 is 13.2 Å². The van der Waals surface area contributed by atoms with Gasteiger partial charge in [-0.1, -0.05) is 30.3 Å². The van der Waals surface area contributed by atoms with Crippen LogP contribution >= 0.6 is 10.7 Å². The van der Waals surface area contributed by atoms with Crippen LogP contribution in [0.25, 0.3) is 10.8 Å². The molecule has 0 radical (unpaired) electrons. The fraction of sp³-hybridized carbons (Fsp3) is 0.333. The summed E-state index contributed by atoms with van der Waals surface area (Å²) < 4.78 is 27.2. The molecule has 2 aromatic rings. The number of fused-ring (bicyclic) bond motifs is 1. The lowest BCUT2D eigenvalue weighted by atomic mass is 10.1. The highest BCUT2D eigenvalue weighted by Crippen LogP contribution is 2.20. The molecule has 20 heavy (non-hydrogen) atoms. The van der Waals surface area contributed by atoms with Crippen molar-refractivity contribution in [2.24, 2.45) is 0 Å². The van der Waals surface area contributed by atoms with E-state index in [9.17, 15) is 8.42 Å². The van der Waals surface area contributed by atoms with Crippen LogP contribution in [0.5, 0.6) is 5.75 Å². The molecule has 0 unspecified atom stereocenters. The van der Waals surface area contributed by atoms with Crippen molar-refractivity contribution in [3.8, 4) is 5.75 Å². The minimum atomic E-state index is -3.36. The predicted molar refractivity (Wildman–Crippen MR) is 82.9 cm³/mol. The molecule has 0 amide bonds. The van der Waals surface area contributed by atoms with Gasteiger partial charge in [-0.3, -0.25) is 0 Å². The van der Waals surface area contributed by atoms with Crippen molar-refractivity contribution >= 4 is 30.5 Å². The molecule has 0 saturated carbocycles. The largest absolute Gasteiger partial charge is 0.494 e. The summed E-state index contributed by atoms with van der Waals surface area (Å²) in [6.45, 7) is 0.584. The highest BCUT2D eigenvalue weighted by atomic mass is 35.7. The Morgan fingerprint density at radius 3 is 2.45 bits per heavy atom. The molecule has 0 saturated heterocycles. The third kappa shape index (κ3) is 5.02. The Morgan fingerprint density at radius 2 is 1.70 bits per heavy atom. The Hall–Kier alpha value is -1.26. The van der Waals surface area contributed by atoms with E-state index in [1.165, 1.54) is 5.39 Å². The molecular formula is C15H17ClO3S. The summed E-state index contributed by atoms with van der Waals surface area (Å²) in [7, 11) is 1.78. The molecule has 2 aromatic carbocycles. The molecule has 2 rings (SSSR count). The highest BCUT2D eigenvalue weighted by molar-refractivity contribution is 8.13. The summed E-state index contributed by atoms with van der Waals surface area (Å²) >= 11 is 0. The molecule has 0 heterocycles. The maximum Gasteiger partial charge on any atom is 0.232 e. The van der Waals surface area contributed by atoms with E-state index in [0.29, 0.717) is 13.0 Å². The van der Waals surface area contributed by atoms with E-state index in [1.54, 1.807) is 0 Å². The third-order valence-corrected chi connectivity index (χ3v) is 4.26. The summed E-state index contributed by atoms with van der Waals surface area (Å²) in [6, 6.07) is 14.1. The second-order valence-corrected chi connectivity index (χ2v) is 7.56. The van der Waals surface area contributed by atoms with E-state index in [1.807, 2.05) is 36.4 Å². The van der Waals surface area contributed by atoms with E-state index in [4.69, 9.17) is 15.4 Å². The lowest BCUT2D eigenvalue weighted by molar-refractivity contribution is 0.307. The second-order valence-electron chi connectivity index (χ2n) is 4.66. The fourth-order valence-electron chi connectivity index (χ4n) is 2.00. The monoisotopic (exact) mass is 312 g/mol. The molecule has 0 aromatic heterocycles. The first-order valence-corrected chi connectivity index (χ1v) is 9.06. The number of ether oxygens (including phenoxy) is 1. The van der Waals surface area contributed by atoms with Gasteiger partial charge >= 0.3 is 0 Å². The van der Waals surface area contributed by atoms with Crippen LogP contribution < -0.4 is 4.74 Å². The summed E-state index contributed by atoms with van der Waals surface area (Å²) in [5, 5.41) is 2.34. The number of unbranched alkanes of at least 4 members (excludes halogenated alkanes) is 2. The van der Waals surface area contributed by atoms with Crippen LogP contribution in [0.1, 0.15) is 19.3 Å². The van der Waals surface area contributed by atoms with Gasteiger partial charge in [0.15, 0.2) is 0 Å². The minimum absolute atomic E-state index is 0.0323. The third-order valence-electron chi connectivity index (χ3n) is 3.02. The van der Waals surface area contributed by atoms with Crippen LogP contribution in [0.4, 0.5) is 0 Å². The van der Waals surface area contributed by atoms with Crippen molar-refractivity contribution in [2.75, 3.05) is 12.4 Å². The van der Waals surface area contributed by atoms with Crippen LogP contribution in [0.3, 0.4) is 0 Å². The van der Waals surface area contributed by atoms with Crippen LogP contribution in [0.2, 0.25) is 0 Å². The highest BCUT2D eigenvalue weighted by Gasteiger charge is 2.04. The van der Waals surface area contributed by atoms with Crippen molar-refractivity contribution in [1.82, 2.24) is 0 Å². The smallest absolute Gasteiger partial charge is 0.232 e. The minimum Gasteiger partial charge on any atom is -0.494 e. The molecule has 0 aliphatic rings. The summed E-state index contributed by atoms with van der Waals surface area (Å²) in [5.41, 5.74) is 0. The number of rotatable bonds is 7. The molecule has 0 fully saturated rings. The lowest BCUT2D eigenvalue weighted by Crippen LogP contribution is -2.00. The zero-order valence-electron chi connectivity index (χ0n) is 11.1. The molecule has 5 heteroatoms. The zero-order chi connectivity index (χ0) is 14.4. The van der Waals surface area contributed by atoms with E-state index in [-0.39, 0.29) is 5.75 Å². The molecular weight excluding hydrogens is 296 g/mol. The Balaban J connectivity index is 1.76. The molecule has 0 aliphatic heterocycles. The molecule has 0 N–H and O–H groups in total. The Labute approximate surface area is 123 Å². The fourth-order valence-corrected chi connectivity index (χ4v) is 2.88. The van der Waals surface area contributed by atoms with Crippen LogP contribution in [-0.2, 0) is 9.05 Å². The number of hydrogen-bond donors (Lipinski definition) is 0. The van der Waals surface area contributed by atoms with Crippen molar-refractivity contribution in [2.45, 2.75) is 19.3 Å². The normalized spacial score (nSPS) is 11.7. The molecule has 0 atom stereocenters. The van der Waals surface area contributed by atoms with Gasteiger partial charge in [-0.2, -0.15) is 0 Å². The van der Waals surface area contributed by atoms with Crippen LogP contribution in [0.15, 0.2) is 42.5 Å². The summed E-state index contributed by atoms with van der Waals surface area (Å²) in [6.07, 6.45) is 2.19. The predicted octanol–water partition coefficient (Wildman–Crippen LogP) is 3.96. The standard InChI is InChI=1S/C15H17ClO3S/c16-20(17,18)11-5-1-4-10-19-15-9-8-13-6-2-3-7-14(13)12-15/h2-3,6-9,12H,1,4-5,10-11H2. The summed E-state index contributed by atoms with van der Waals surface area (Å²) in [5.74, 6) is 0.874. The Morgan fingerprint density at radius 1 is 0.950 bits per heavy atom. The number of hydrogen-bond acceptors (Lipinski definition) is 3. The first-order chi connectivity index (χ1) is 9.54. The summed E-state index contributed by atoms with van der Waals surface area (Å²) in [4.78, 5) is 0. The Kier molecular flexibility index (Phi) is 5.26. The van der Waals surface area contributed by atoms with E-state index >= 15 is 0 Å². The maximum atomic E-state index is 10.7. The van der Waals surface area contributed by atoms with Gasteiger partial charge in [-0.15, -0.1) is 0 Å². The molecule has 0 aliphatic carbocycles. The molecule has 0 bridgehead atoms. The molecule has 108 valence electrons. The van der Waals surface area contributed by atoms with Crippen molar-refractivity contribution in [3.63, 3.8) is 0 Å². The van der Waals surface area contributed by atoms with Gasteiger partial charge in [0.05, 0.1) is 12.4 Å². The average molecular weight is 313 g/mol. The van der Waals surface area contributed by atoms with Gasteiger partial charge < -0.3 is 4.74 Å². The van der Waals surface area contributed by atoms with Crippen molar-refractivity contribution in [3.05, 3.63) is 42.5 Å². The topological polar surface area (TPSA) is 43.4 Å². The first kappa shape index (κ1) is 15.1. The van der Waals surface area contributed by atoms with Gasteiger partial charge in [0, 0.05) is 10.7 Å². The average Bonchev–Trinajstić information content (AvgIpc) is 2.41. The second kappa shape index (κ2) is 6.95. The van der Waals surface area contributed by atoms with Gasteiger partial charge in [0.1, 0.15) is 5.75 Å². The lowest BCUT2D eigenvalue weighted by Gasteiger charge is -2.07. The van der Waals surface area contributed by atoms with Gasteiger partial charge in [0.25, 0.3) is 0 Å². The van der Waals surface area contributed by atoms with E-state index in [2.05, 4.69) is 6.07 Å². The maximum absolute atomic E-state index is 10.7. The zero-order valence-corrected chi connectivity index (χ0v) is 12.7. The molecule has 0 spiro atoms. The first-order valence-electron chi connectivity index (χ1n) is 6.58. The van der Waals surface area contributed by atoms with Crippen molar-refractivity contribution in [1.29, 1.82) is 0 Å². The SMILES string of the molecule is O=S(=O)(Cl)CCCCCOc1ccc2ccccc2c1. The van der Waals surface area contributed by atoms with Crippen LogP contribution in [0, 0.1) is 0 Å². The van der Waals surface area contributed by atoms with Gasteiger partial charge in [-0.05, 0) is 42.2 Å². The van der Waals surface area contributed by atoms with Crippen LogP contribution in [-0.4, -0.2) is 20.8 Å².